The number of oxazole rings is 1. The first-order valence-electron chi connectivity index (χ1n) is 6.60. The van der Waals surface area contributed by atoms with Gasteiger partial charge in [0.15, 0.2) is 11.3 Å². The Hall–Kier alpha value is -2.70. The average molecular weight is 286 g/mol. The van der Waals surface area contributed by atoms with Gasteiger partial charge < -0.3 is 9.15 Å². The predicted octanol–water partition coefficient (Wildman–Crippen LogP) is 1.95. The van der Waals surface area contributed by atoms with Gasteiger partial charge in [0.25, 0.3) is 0 Å². The van der Waals surface area contributed by atoms with Crippen LogP contribution in [0.5, 0.6) is 0 Å². The van der Waals surface area contributed by atoms with Gasteiger partial charge in [-0.05, 0) is 26.0 Å². The standard InChI is InChI=1S/C14H14N4O3/c1-3-20-14(19)13-9(2)18(17-16-13)8-12-15-10-6-4-5-7-11(10)21-12/h4-7H,3,8H2,1-2H3. The molecule has 2 heterocycles. The number of nitrogens with zero attached hydrogens (tertiary/aromatic N) is 4. The fourth-order valence-electron chi connectivity index (χ4n) is 2.01. The minimum Gasteiger partial charge on any atom is -0.461 e. The van der Waals surface area contributed by atoms with Gasteiger partial charge in [-0.15, -0.1) is 5.10 Å². The summed E-state index contributed by atoms with van der Waals surface area (Å²) in [5.41, 5.74) is 2.34. The third kappa shape index (κ3) is 2.49. The molecule has 108 valence electrons. The van der Waals surface area contributed by atoms with Gasteiger partial charge in [0.2, 0.25) is 5.89 Å². The highest BCUT2D eigenvalue weighted by Crippen LogP contribution is 2.16. The molecule has 0 fully saturated rings. The number of carbonyl (C=O) groups is 1. The molecule has 0 radical (unpaired) electrons. The van der Waals surface area contributed by atoms with E-state index in [9.17, 15) is 4.79 Å². The molecule has 0 aliphatic rings. The molecule has 3 aromatic rings. The second-order valence-corrected chi connectivity index (χ2v) is 4.48. The highest BCUT2D eigenvalue weighted by Gasteiger charge is 2.18. The van der Waals surface area contributed by atoms with Crippen LogP contribution in [0.3, 0.4) is 0 Å². The van der Waals surface area contributed by atoms with Crippen molar-refractivity contribution in [2.45, 2.75) is 20.4 Å². The Kier molecular flexibility index (Phi) is 3.39. The summed E-state index contributed by atoms with van der Waals surface area (Å²) in [4.78, 5) is 16.1. The van der Waals surface area contributed by atoms with Crippen LogP contribution in [0, 0.1) is 6.92 Å². The third-order valence-electron chi connectivity index (χ3n) is 3.07. The molecule has 1 aromatic carbocycles. The fourth-order valence-corrected chi connectivity index (χ4v) is 2.01. The molecular formula is C14H14N4O3. The van der Waals surface area contributed by atoms with Gasteiger partial charge >= 0.3 is 5.97 Å². The largest absolute Gasteiger partial charge is 0.461 e. The summed E-state index contributed by atoms with van der Waals surface area (Å²) in [5.74, 6) is 0.0402. The van der Waals surface area contributed by atoms with Crippen LogP contribution in [0.25, 0.3) is 11.1 Å². The van der Waals surface area contributed by atoms with E-state index in [2.05, 4.69) is 15.3 Å². The Morgan fingerprint density at radius 2 is 2.19 bits per heavy atom. The number of aromatic nitrogens is 4. The Morgan fingerprint density at radius 1 is 1.38 bits per heavy atom. The monoisotopic (exact) mass is 286 g/mol. The lowest BCUT2D eigenvalue weighted by Gasteiger charge is -2.00. The van der Waals surface area contributed by atoms with Crippen molar-refractivity contribution in [3.05, 3.63) is 41.5 Å². The molecule has 0 aliphatic carbocycles. The van der Waals surface area contributed by atoms with Crippen LogP contribution in [0.1, 0.15) is 29.0 Å². The van der Waals surface area contributed by atoms with E-state index in [0.717, 1.165) is 11.1 Å². The molecule has 0 N–H and O–H groups in total. The number of hydrogen-bond acceptors (Lipinski definition) is 6. The second kappa shape index (κ2) is 5.35. The number of para-hydroxylation sites is 2. The topological polar surface area (TPSA) is 83.0 Å². The minimum atomic E-state index is -0.473. The summed E-state index contributed by atoms with van der Waals surface area (Å²) < 4.78 is 12.1. The summed E-state index contributed by atoms with van der Waals surface area (Å²) in [6, 6.07) is 7.51. The summed E-state index contributed by atoms with van der Waals surface area (Å²) in [6.45, 7) is 4.12. The maximum atomic E-state index is 11.7. The zero-order chi connectivity index (χ0) is 14.8. The SMILES string of the molecule is CCOC(=O)c1nnn(Cc2nc3ccccc3o2)c1C. The quantitative estimate of drug-likeness (QED) is 0.682. The van der Waals surface area contributed by atoms with Crippen LogP contribution in [0.2, 0.25) is 0 Å². The van der Waals surface area contributed by atoms with Crippen molar-refractivity contribution in [1.82, 2.24) is 20.0 Å². The zero-order valence-corrected chi connectivity index (χ0v) is 11.7. The number of hydrogen-bond donors (Lipinski definition) is 0. The van der Waals surface area contributed by atoms with Gasteiger partial charge in [0.1, 0.15) is 12.1 Å². The van der Waals surface area contributed by atoms with Crippen molar-refractivity contribution < 1.29 is 13.9 Å². The van der Waals surface area contributed by atoms with Crippen LogP contribution in [0.15, 0.2) is 28.7 Å². The molecule has 0 saturated carbocycles. The maximum absolute atomic E-state index is 11.7. The summed E-state index contributed by atoms with van der Waals surface area (Å²) in [7, 11) is 0. The number of carbonyl (C=O) groups excluding carboxylic acids is 1. The number of esters is 1. The van der Waals surface area contributed by atoms with E-state index in [-0.39, 0.29) is 5.69 Å². The highest BCUT2D eigenvalue weighted by molar-refractivity contribution is 5.88. The van der Waals surface area contributed by atoms with Crippen LogP contribution in [0.4, 0.5) is 0 Å². The average Bonchev–Trinajstić information content (AvgIpc) is 3.03. The number of benzene rings is 1. The summed E-state index contributed by atoms with van der Waals surface area (Å²) >= 11 is 0. The Labute approximate surface area is 120 Å². The van der Waals surface area contributed by atoms with Gasteiger partial charge in [0, 0.05) is 0 Å². The van der Waals surface area contributed by atoms with E-state index in [0.29, 0.717) is 24.7 Å². The van der Waals surface area contributed by atoms with E-state index in [4.69, 9.17) is 9.15 Å². The van der Waals surface area contributed by atoms with Crippen molar-refractivity contribution >= 4 is 17.1 Å². The van der Waals surface area contributed by atoms with E-state index in [1.54, 1.807) is 18.5 Å². The van der Waals surface area contributed by atoms with Crippen LogP contribution >= 0.6 is 0 Å². The normalized spacial score (nSPS) is 11.0. The van der Waals surface area contributed by atoms with Crippen molar-refractivity contribution in [1.29, 1.82) is 0 Å². The molecule has 21 heavy (non-hydrogen) atoms. The lowest BCUT2D eigenvalue weighted by molar-refractivity contribution is 0.0518. The summed E-state index contributed by atoms with van der Waals surface area (Å²) in [6.07, 6.45) is 0. The number of rotatable bonds is 4. The predicted molar refractivity (Wildman–Crippen MR) is 73.8 cm³/mol. The smallest absolute Gasteiger partial charge is 0.360 e. The molecule has 3 rings (SSSR count). The van der Waals surface area contributed by atoms with E-state index in [1.807, 2.05) is 24.3 Å². The Balaban J connectivity index is 1.86. The minimum absolute atomic E-state index is 0.216. The van der Waals surface area contributed by atoms with E-state index >= 15 is 0 Å². The first-order chi connectivity index (χ1) is 10.2. The van der Waals surface area contributed by atoms with Gasteiger partial charge in [-0.3, -0.25) is 0 Å². The third-order valence-corrected chi connectivity index (χ3v) is 3.07. The van der Waals surface area contributed by atoms with E-state index < -0.39 is 5.97 Å². The van der Waals surface area contributed by atoms with Gasteiger partial charge in [0.05, 0.1) is 12.3 Å². The molecule has 0 saturated heterocycles. The first kappa shape index (κ1) is 13.3. The molecule has 0 amide bonds. The first-order valence-corrected chi connectivity index (χ1v) is 6.60. The molecule has 0 unspecified atom stereocenters. The lowest BCUT2D eigenvalue weighted by Crippen LogP contribution is -2.09. The molecular weight excluding hydrogens is 272 g/mol. The van der Waals surface area contributed by atoms with Gasteiger partial charge in [-0.1, -0.05) is 17.3 Å². The van der Waals surface area contributed by atoms with Gasteiger partial charge in [-0.2, -0.15) is 0 Å². The molecule has 0 atom stereocenters. The second-order valence-electron chi connectivity index (χ2n) is 4.48. The van der Waals surface area contributed by atoms with E-state index in [1.165, 1.54) is 0 Å². The highest BCUT2D eigenvalue weighted by atomic mass is 16.5. The van der Waals surface area contributed by atoms with Crippen LogP contribution < -0.4 is 0 Å². The zero-order valence-electron chi connectivity index (χ0n) is 11.7. The van der Waals surface area contributed by atoms with Gasteiger partial charge in [-0.25, -0.2) is 14.5 Å². The van der Waals surface area contributed by atoms with Crippen LogP contribution in [-0.2, 0) is 11.3 Å². The Bertz CT molecular complexity index is 757. The molecule has 0 bridgehead atoms. The number of fused-ring (bicyclic) bond motifs is 1. The van der Waals surface area contributed by atoms with Crippen LogP contribution in [-0.4, -0.2) is 32.6 Å². The number of ether oxygens (including phenoxy) is 1. The molecule has 7 nitrogen and oxygen atoms in total. The molecule has 2 aromatic heterocycles. The van der Waals surface area contributed by atoms with Crippen molar-refractivity contribution in [3.63, 3.8) is 0 Å². The Morgan fingerprint density at radius 3 is 2.95 bits per heavy atom. The van der Waals surface area contributed by atoms with Crippen molar-refractivity contribution in [2.24, 2.45) is 0 Å². The lowest BCUT2D eigenvalue weighted by atomic mass is 10.3. The molecule has 7 heteroatoms. The maximum Gasteiger partial charge on any atom is 0.360 e. The molecule has 0 spiro atoms. The summed E-state index contributed by atoms with van der Waals surface area (Å²) in [5, 5.41) is 7.80. The van der Waals surface area contributed by atoms with Crippen molar-refractivity contribution in [2.75, 3.05) is 6.61 Å². The van der Waals surface area contributed by atoms with Crippen molar-refractivity contribution in [3.8, 4) is 0 Å². The molecule has 0 aliphatic heterocycles. The fraction of sp³-hybridized carbons (Fsp3) is 0.286.